The van der Waals surface area contributed by atoms with Gasteiger partial charge in [0.05, 0.1) is 0 Å². The number of fused-ring (bicyclic) bond motifs is 5. The van der Waals surface area contributed by atoms with E-state index < -0.39 is 0 Å². The molecule has 0 amide bonds. The predicted molar refractivity (Wildman–Crippen MR) is 219 cm³/mol. The van der Waals surface area contributed by atoms with E-state index >= 15 is 0 Å². The Bertz CT molecular complexity index is 2830. The van der Waals surface area contributed by atoms with Gasteiger partial charge in [-0.25, -0.2) is 0 Å². The van der Waals surface area contributed by atoms with Crippen molar-refractivity contribution in [1.29, 1.82) is 0 Å². The van der Waals surface area contributed by atoms with Gasteiger partial charge in [0, 0.05) is 0 Å². The van der Waals surface area contributed by atoms with Crippen LogP contribution < -0.4 is 0 Å². The lowest BCUT2D eigenvalue weighted by molar-refractivity contribution is 1.65. The highest BCUT2D eigenvalue weighted by Crippen LogP contribution is 2.46. The predicted octanol–water partition coefficient (Wildman–Crippen LogP) is 14.2. The van der Waals surface area contributed by atoms with Crippen molar-refractivity contribution in [2.24, 2.45) is 0 Å². The summed E-state index contributed by atoms with van der Waals surface area (Å²) >= 11 is 0. The molecule has 0 aromatic heterocycles. The highest BCUT2D eigenvalue weighted by Gasteiger charge is 2.20. The van der Waals surface area contributed by atoms with Gasteiger partial charge < -0.3 is 0 Å². The van der Waals surface area contributed by atoms with Gasteiger partial charge in [0.2, 0.25) is 0 Å². The molecule has 9 rings (SSSR count). The molecule has 0 aliphatic heterocycles. The molecule has 0 bridgehead atoms. The third kappa shape index (κ3) is 4.85. The van der Waals surface area contributed by atoms with Gasteiger partial charge in [-0.05, 0) is 111 Å². The molecule has 0 unspecified atom stereocenters. The first-order valence-corrected chi connectivity index (χ1v) is 17.2. The van der Waals surface area contributed by atoms with Crippen LogP contribution in [0, 0.1) is 0 Å². The zero-order valence-corrected chi connectivity index (χ0v) is 27.7. The van der Waals surface area contributed by atoms with Gasteiger partial charge in [-0.1, -0.05) is 183 Å². The topological polar surface area (TPSA) is 0 Å². The molecule has 0 aliphatic carbocycles. The molecule has 0 nitrogen and oxygen atoms in total. The van der Waals surface area contributed by atoms with E-state index in [4.69, 9.17) is 0 Å². The molecule has 0 fully saturated rings. The van der Waals surface area contributed by atoms with Gasteiger partial charge in [-0.3, -0.25) is 0 Å². The van der Waals surface area contributed by atoms with Crippen LogP contribution in [0.2, 0.25) is 0 Å². The third-order valence-corrected chi connectivity index (χ3v) is 10.1. The van der Waals surface area contributed by atoms with Crippen LogP contribution >= 0.6 is 0 Å². The Hall–Kier alpha value is -6.50. The highest BCUT2D eigenvalue weighted by molar-refractivity contribution is 6.23. The SMILES string of the molecule is C=C/C=C\C(=C)c1c2cc(-c3cccc4ccccc34)ccc2c(-c2cccc3ccccc23)c2cc(-c3cccc4ccccc34)ccc12. The van der Waals surface area contributed by atoms with Gasteiger partial charge in [0.1, 0.15) is 0 Å². The second-order valence-electron chi connectivity index (χ2n) is 13.0. The van der Waals surface area contributed by atoms with E-state index in [1.165, 1.54) is 87.2 Å². The molecule has 0 heteroatoms. The summed E-state index contributed by atoms with van der Waals surface area (Å²) in [5, 5.41) is 12.2. The average Bonchev–Trinajstić information content (AvgIpc) is 3.18. The molecule has 234 valence electrons. The van der Waals surface area contributed by atoms with Crippen molar-refractivity contribution < 1.29 is 0 Å². The molecule has 50 heavy (non-hydrogen) atoms. The van der Waals surface area contributed by atoms with Gasteiger partial charge in [-0.15, -0.1) is 0 Å². The van der Waals surface area contributed by atoms with E-state index in [0.29, 0.717) is 0 Å². The molecule has 0 N–H and O–H groups in total. The van der Waals surface area contributed by atoms with E-state index in [1.807, 2.05) is 12.2 Å². The minimum absolute atomic E-state index is 0.956. The summed E-state index contributed by atoms with van der Waals surface area (Å²) in [5.41, 5.74) is 9.40. The van der Waals surface area contributed by atoms with E-state index in [2.05, 4.69) is 183 Å². The van der Waals surface area contributed by atoms with Gasteiger partial charge in [0.15, 0.2) is 0 Å². The smallest absolute Gasteiger partial charge is 0.00199 e. The van der Waals surface area contributed by atoms with Crippen molar-refractivity contribution >= 4 is 59.4 Å². The quantitative estimate of drug-likeness (QED) is 0.126. The van der Waals surface area contributed by atoms with Crippen LogP contribution in [0.5, 0.6) is 0 Å². The van der Waals surface area contributed by atoms with Crippen molar-refractivity contribution in [1.82, 2.24) is 0 Å². The maximum absolute atomic E-state index is 4.65. The van der Waals surface area contributed by atoms with Crippen LogP contribution in [-0.2, 0) is 0 Å². The van der Waals surface area contributed by atoms with E-state index in [0.717, 1.165) is 11.1 Å². The van der Waals surface area contributed by atoms with Crippen LogP contribution in [0.15, 0.2) is 195 Å². The Balaban J connectivity index is 1.44. The van der Waals surface area contributed by atoms with E-state index in [9.17, 15) is 0 Å². The number of rotatable bonds is 6. The first-order valence-electron chi connectivity index (χ1n) is 17.2. The first kappa shape index (κ1) is 29.6. The summed E-state index contributed by atoms with van der Waals surface area (Å²) in [6.45, 7) is 8.61. The molecular weight excluding hydrogens is 601 g/mol. The monoisotopic (exact) mass is 634 g/mol. The van der Waals surface area contributed by atoms with Crippen molar-refractivity contribution in [2.45, 2.75) is 0 Å². The van der Waals surface area contributed by atoms with Crippen LogP contribution in [0.3, 0.4) is 0 Å². The molecule has 0 atom stereocenters. The lowest BCUT2D eigenvalue weighted by Crippen LogP contribution is -1.95. The summed E-state index contributed by atoms with van der Waals surface area (Å²) in [4.78, 5) is 0. The summed E-state index contributed by atoms with van der Waals surface area (Å²) in [5.74, 6) is 0. The Morgan fingerprint density at radius 3 is 1.42 bits per heavy atom. The van der Waals surface area contributed by atoms with Crippen LogP contribution in [0.1, 0.15) is 5.56 Å². The Morgan fingerprint density at radius 1 is 0.400 bits per heavy atom. The lowest BCUT2D eigenvalue weighted by Gasteiger charge is -2.21. The molecule has 0 heterocycles. The summed E-state index contributed by atoms with van der Waals surface area (Å²) in [6, 6.07) is 59.9. The molecule has 0 saturated heterocycles. The number of hydrogen-bond acceptors (Lipinski definition) is 0. The number of hydrogen-bond donors (Lipinski definition) is 0. The molecule has 0 spiro atoms. The van der Waals surface area contributed by atoms with Crippen molar-refractivity contribution in [3.63, 3.8) is 0 Å². The van der Waals surface area contributed by atoms with Gasteiger partial charge in [-0.2, -0.15) is 0 Å². The maximum atomic E-state index is 4.65. The highest BCUT2D eigenvalue weighted by atomic mass is 14.2. The summed E-state index contributed by atoms with van der Waals surface area (Å²) in [7, 11) is 0. The Labute approximate surface area is 292 Å². The Kier molecular flexibility index (Phi) is 7.22. The molecule has 0 aliphatic rings. The van der Waals surface area contributed by atoms with Crippen LogP contribution in [-0.4, -0.2) is 0 Å². The minimum atomic E-state index is 0.956. The lowest BCUT2D eigenvalue weighted by atomic mass is 9.82. The van der Waals surface area contributed by atoms with E-state index in [-0.39, 0.29) is 0 Å². The van der Waals surface area contributed by atoms with Crippen molar-refractivity contribution in [3.8, 4) is 33.4 Å². The summed E-state index contributed by atoms with van der Waals surface area (Å²) < 4.78 is 0. The molecule has 0 radical (unpaired) electrons. The minimum Gasteiger partial charge on any atom is -0.0991 e. The molecule has 0 saturated carbocycles. The summed E-state index contributed by atoms with van der Waals surface area (Å²) in [6.07, 6.45) is 5.89. The second kappa shape index (κ2) is 12.2. The molecular formula is C50H34. The van der Waals surface area contributed by atoms with Crippen LogP contribution in [0.25, 0.3) is 92.8 Å². The van der Waals surface area contributed by atoms with E-state index in [1.54, 1.807) is 0 Å². The van der Waals surface area contributed by atoms with Crippen molar-refractivity contribution in [2.75, 3.05) is 0 Å². The Morgan fingerprint density at radius 2 is 0.860 bits per heavy atom. The average molecular weight is 635 g/mol. The second-order valence-corrected chi connectivity index (χ2v) is 13.0. The number of allylic oxidation sites excluding steroid dienone is 4. The zero-order chi connectivity index (χ0) is 33.6. The number of benzene rings is 9. The maximum Gasteiger partial charge on any atom is -0.00199 e. The fraction of sp³-hybridized carbons (Fsp3) is 0. The zero-order valence-electron chi connectivity index (χ0n) is 27.7. The van der Waals surface area contributed by atoms with Gasteiger partial charge in [0.25, 0.3) is 0 Å². The standard InChI is InChI=1S/C50H34/c1-3-4-14-33(2)49-45-29-27-38(43-25-12-19-35-16-6-9-22-40(35)43)32-48(45)50(44-26-13-20-36-17-7-10-23-41(36)44)46-30-28-37(31-47(46)49)42-24-11-18-34-15-5-8-21-39(34)42/h3-32H,1-2H2/b14-4-. The third-order valence-electron chi connectivity index (χ3n) is 10.1. The molecule has 9 aromatic rings. The molecule has 9 aromatic carbocycles. The fourth-order valence-electron chi connectivity index (χ4n) is 7.86. The van der Waals surface area contributed by atoms with Crippen molar-refractivity contribution in [3.05, 3.63) is 201 Å². The first-order chi connectivity index (χ1) is 24.7. The van der Waals surface area contributed by atoms with Gasteiger partial charge >= 0.3 is 0 Å². The largest absolute Gasteiger partial charge is 0.0991 e. The normalized spacial score (nSPS) is 11.7. The fourth-order valence-corrected chi connectivity index (χ4v) is 7.86. The van der Waals surface area contributed by atoms with Crippen LogP contribution in [0.4, 0.5) is 0 Å².